The number of aromatic nitrogens is 1. The number of fused-ring (bicyclic) bond motifs is 1. The molecule has 0 saturated heterocycles. The molecule has 0 fully saturated rings. The minimum Gasteiger partial charge on any atom is -0.462 e. The van der Waals surface area contributed by atoms with E-state index in [0.29, 0.717) is 12.2 Å². The summed E-state index contributed by atoms with van der Waals surface area (Å²) in [6, 6.07) is 5.67. The number of carbonyl (C=O) groups excluding carboxylic acids is 1. The number of ether oxygens (including phenoxy) is 1. The van der Waals surface area contributed by atoms with Crippen LogP contribution >= 0.6 is 0 Å². The summed E-state index contributed by atoms with van der Waals surface area (Å²) < 4.78 is 5.03. The number of carbonyl (C=O) groups is 1. The van der Waals surface area contributed by atoms with Gasteiger partial charge in [0, 0.05) is 17.1 Å². The number of unbranched alkanes of at least 4 members (excludes halogenated alkanes) is 1. The van der Waals surface area contributed by atoms with E-state index in [9.17, 15) is 4.79 Å². The van der Waals surface area contributed by atoms with Gasteiger partial charge in [0.25, 0.3) is 0 Å². The number of hydrogen-bond donors (Lipinski definition) is 1. The SMILES string of the molecule is CCCCc1c[nH]c2ccc(C(=O)OCC)cc12. The minimum absolute atomic E-state index is 0.248. The van der Waals surface area contributed by atoms with Crippen LogP contribution in [0.3, 0.4) is 0 Å². The lowest BCUT2D eigenvalue weighted by Gasteiger charge is -2.03. The summed E-state index contributed by atoms with van der Waals surface area (Å²) in [7, 11) is 0. The van der Waals surface area contributed by atoms with E-state index in [1.165, 1.54) is 12.0 Å². The predicted octanol–water partition coefficient (Wildman–Crippen LogP) is 3.69. The molecule has 0 bridgehead atoms. The number of aromatic amines is 1. The Hall–Kier alpha value is -1.77. The van der Waals surface area contributed by atoms with Crippen molar-refractivity contribution in [2.75, 3.05) is 6.61 Å². The van der Waals surface area contributed by atoms with Crippen molar-refractivity contribution in [3.05, 3.63) is 35.5 Å². The second-order valence-electron chi connectivity index (χ2n) is 4.40. The van der Waals surface area contributed by atoms with E-state index >= 15 is 0 Å². The van der Waals surface area contributed by atoms with Crippen LogP contribution in [0.25, 0.3) is 10.9 Å². The van der Waals surface area contributed by atoms with Gasteiger partial charge < -0.3 is 9.72 Å². The molecule has 0 aliphatic rings. The van der Waals surface area contributed by atoms with Crippen molar-refractivity contribution in [2.24, 2.45) is 0 Å². The molecule has 3 nitrogen and oxygen atoms in total. The Balaban J connectivity index is 2.32. The highest BCUT2D eigenvalue weighted by atomic mass is 16.5. The maximum Gasteiger partial charge on any atom is 0.338 e. The first kappa shape index (κ1) is 12.7. The molecule has 1 aromatic heterocycles. The fourth-order valence-electron chi connectivity index (χ4n) is 2.09. The highest BCUT2D eigenvalue weighted by molar-refractivity contribution is 5.95. The number of rotatable bonds is 5. The van der Waals surface area contributed by atoms with Crippen molar-refractivity contribution >= 4 is 16.9 Å². The molecule has 0 radical (unpaired) electrons. The summed E-state index contributed by atoms with van der Waals surface area (Å²) in [6.45, 7) is 4.41. The first-order valence-electron chi connectivity index (χ1n) is 6.53. The van der Waals surface area contributed by atoms with Gasteiger partial charge in [-0.2, -0.15) is 0 Å². The van der Waals surface area contributed by atoms with E-state index in [-0.39, 0.29) is 5.97 Å². The standard InChI is InChI=1S/C15H19NO2/c1-3-5-6-12-10-16-14-8-7-11(9-13(12)14)15(17)18-4-2/h7-10,16H,3-6H2,1-2H3. The van der Waals surface area contributed by atoms with E-state index in [4.69, 9.17) is 4.74 Å². The molecule has 0 amide bonds. The zero-order chi connectivity index (χ0) is 13.0. The Morgan fingerprint density at radius 3 is 2.89 bits per heavy atom. The quantitative estimate of drug-likeness (QED) is 0.816. The Kier molecular flexibility index (Phi) is 4.03. The topological polar surface area (TPSA) is 42.1 Å². The summed E-state index contributed by atoms with van der Waals surface area (Å²) in [4.78, 5) is 14.9. The summed E-state index contributed by atoms with van der Waals surface area (Å²) in [5.41, 5.74) is 2.98. The van der Waals surface area contributed by atoms with Gasteiger partial charge in [-0.3, -0.25) is 0 Å². The van der Waals surface area contributed by atoms with Gasteiger partial charge in [-0.05, 0) is 43.5 Å². The maximum absolute atomic E-state index is 11.7. The van der Waals surface area contributed by atoms with Gasteiger partial charge in [0.1, 0.15) is 0 Å². The highest BCUT2D eigenvalue weighted by Gasteiger charge is 2.09. The van der Waals surface area contributed by atoms with Crippen LogP contribution in [-0.4, -0.2) is 17.6 Å². The monoisotopic (exact) mass is 245 g/mol. The number of hydrogen-bond acceptors (Lipinski definition) is 2. The third-order valence-corrected chi connectivity index (χ3v) is 3.08. The molecule has 2 aromatic rings. The Labute approximate surface area is 107 Å². The number of benzene rings is 1. The van der Waals surface area contributed by atoms with Gasteiger partial charge in [-0.25, -0.2) is 4.79 Å². The molecule has 0 aliphatic carbocycles. The normalized spacial score (nSPS) is 10.8. The number of H-pyrrole nitrogens is 1. The van der Waals surface area contributed by atoms with Gasteiger partial charge in [0.2, 0.25) is 0 Å². The first-order chi connectivity index (χ1) is 8.76. The molecule has 96 valence electrons. The van der Waals surface area contributed by atoms with Crippen LogP contribution in [0.1, 0.15) is 42.6 Å². The molecule has 0 aliphatic heterocycles. The predicted molar refractivity (Wildman–Crippen MR) is 72.9 cm³/mol. The van der Waals surface area contributed by atoms with E-state index in [1.54, 1.807) is 6.07 Å². The third kappa shape index (κ3) is 2.55. The van der Waals surface area contributed by atoms with Gasteiger partial charge in [-0.15, -0.1) is 0 Å². The van der Waals surface area contributed by atoms with E-state index < -0.39 is 0 Å². The Morgan fingerprint density at radius 2 is 2.17 bits per heavy atom. The van der Waals surface area contributed by atoms with Crippen molar-refractivity contribution in [3.63, 3.8) is 0 Å². The second kappa shape index (κ2) is 5.71. The Bertz CT molecular complexity index is 542. The molecular formula is C15H19NO2. The van der Waals surface area contributed by atoms with E-state index in [1.807, 2.05) is 25.3 Å². The fraction of sp³-hybridized carbons (Fsp3) is 0.400. The zero-order valence-corrected chi connectivity index (χ0v) is 11.0. The van der Waals surface area contributed by atoms with Crippen molar-refractivity contribution in [2.45, 2.75) is 33.1 Å². The molecule has 1 N–H and O–H groups in total. The lowest BCUT2D eigenvalue weighted by Crippen LogP contribution is -2.04. The van der Waals surface area contributed by atoms with Crippen molar-refractivity contribution in [3.8, 4) is 0 Å². The third-order valence-electron chi connectivity index (χ3n) is 3.08. The van der Waals surface area contributed by atoms with E-state index in [2.05, 4.69) is 11.9 Å². The summed E-state index contributed by atoms with van der Waals surface area (Å²) in [5.74, 6) is -0.248. The van der Waals surface area contributed by atoms with Crippen molar-refractivity contribution < 1.29 is 9.53 Å². The van der Waals surface area contributed by atoms with Gasteiger partial charge in [0.05, 0.1) is 12.2 Å². The van der Waals surface area contributed by atoms with Gasteiger partial charge >= 0.3 is 5.97 Å². The van der Waals surface area contributed by atoms with Crippen LogP contribution in [-0.2, 0) is 11.2 Å². The van der Waals surface area contributed by atoms with Crippen LogP contribution in [0.4, 0.5) is 0 Å². The average Bonchev–Trinajstić information content (AvgIpc) is 2.79. The molecule has 0 atom stereocenters. The molecule has 1 heterocycles. The molecule has 3 heteroatoms. The number of nitrogens with one attached hydrogen (secondary N) is 1. The highest BCUT2D eigenvalue weighted by Crippen LogP contribution is 2.22. The zero-order valence-electron chi connectivity index (χ0n) is 11.0. The molecular weight excluding hydrogens is 226 g/mol. The summed E-state index contributed by atoms with van der Waals surface area (Å²) in [5, 5.41) is 1.13. The van der Waals surface area contributed by atoms with Gasteiger partial charge in [-0.1, -0.05) is 13.3 Å². The fourth-order valence-corrected chi connectivity index (χ4v) is 2.09. The van der Waals surface area contributed by atoms with Crippen molar-refractivity contribution in [1.82, 2.24) is 4.98 Å². The van der Waals surface area contributed by atoms with Crippen LogP contribution in [0.5, 0.6) is 0 Å². The Morgan fingerprint density at radius 1 is 1.33 bits per heavy atom. The van der Waals surface area contributed by atoms with Crippen molar-refractivity contribution in [1.29, 1.82) is 0 Å². The summed E-state index contributed by atoms with van der Waals surface area (Å²) >= 11 is 0. The molecule has 0 spiro atoms. The number of esters is 1. The lowest BCUT2D eigenvalue weighted by molar-refractivity contribution is 0.0526. The van der Waals surface area contributed by atoms with Crippen LogP contribution in [0, 0.1) is 0 Å². The second-order valence-corrected chi connectivity index (χ2v) is 4.40. The largest absolute Gasteiger partial charge is 0.462 e. The molecule has 2 rings (SSSR count). The smallest absolute Gasteiger partial charge is 0.338 e. The molecule has 0 saturated carbocycles. The molecule has 1 aromatic carbocycles. The van der Waals surface area contributed by atoms with Gasteiger partial charge in [0.15, 0.2) is 0 Å². The average molecular weight is 245 g/mol. The lowest BCUT2D eigenvalue weighted by atomic mass is 10.1. The van der Waals surface area contributed by atoms with Crippen LogP contribution in [0.15, 0.2) is 24.4 Å². The van der Waals surface area contributed by atoms with Crippen LogP contribution < -0.4 is 0 Å². The van der Waals surface area contributed by atoms with Crippen LogP contribution in [0.2, 0.25) is 0 Å². The molecule has 18 heavy (non-hydrogen) atoms. The number of aryl methyl sites for hydroxylation is 1. The molecule has 0 unspecified atom stereocenters. The summed E-state index contributed by atoms with van der Waals surface area (Å²) in [6.07, 6.45) is 5.42. The first-order valence-corrected chi connectivity index (χ1v) is 6.53. The van der Waals surface area contributed by atoms with E-state index in [0.717, 1.165) is 23.7 Å². The maximum atomic E-state index is 11.7. The minimum atomic E-state index is -0.248.